The summed E-state index contributed by atoms with van der Waals surface area (Å²) in [5.41, 5.74) is 3.84. The molecule has 0 radical (unpaired) electrons. The van der Waals surface area contributed by atoms with Gasteiger partial charge in [-0.2, -0.15) is 5.10 Å². The number of carbonyl (C=O) groups is 1. The van der Waals surface area contributed by atoms with E-state index in [1.807, 2.05) is 36.4 Å². The molecule has 29 heavy (non-hydrogen) atoms. The van der Waals surface area contributed by atoms with Gasteiger partial charge < -0.3 is 0 Å². The van der Waals surface area contributed by atoms with Gasteiger partial charge in [0.05, 0.1) is 5.02 Å². The first-order chi connectivity index (χ1) is 14.1. The van der Waals surface area contributed by atoms with Crippen LogP contribution in [0.5, 0.6) is 0 Å². The standard InChI is InChI=1S/C23H15ClFN3O/c24-21-15-18(6-9-22(21)25)14-20(29)13-17-3-1-16(2-4-17)5-7-19-8-10-23-26-11-12-28(23)27-19/h1-4,6,8-12,15H,13-14H2. The lowest BCUT2D eigenvalue weighted by Gasteiger charge is -2.03. The summed E-state index contributed by atoms with van der Waals surface area (Å²) in [7, 11) is 0. The Hall–Kier alpha value is -3.49. The molecule has 6 heteroatoms. The van der Waals surface area contributed by atoms with Gasteiger partial charge in [-0.15, -0.1) is 0 Å². The SMILES string of the molecule is O=C(Cc1ccc(C#Cc2ccc3nccn3n2)cc1)Cc1ccc(F)c(Cl)c1. The third-order valence-electron chi connectivity index (χ3n) is 4.33. The lowest BCUT2D eigenvalue weighted by molar-refractivity contribution is -0.117. The minimum absolute atomic E-state index is 0.0277. The highest BCUT2D eigenvalue weighted by Crippen LogP contribution is 2.17. The van der Waals surface area contributed by atoms with Crippen LogP contribution < -0.4 is 0 Å². The number of imidazole rings is 1. The Kier molecular flexibility index (Phi) is 5.37. The molecule has 0 N–H and O–H groups in total. The Balaban J connectivity index is 1.40. The molecule has 0 aliphatic rings. The van der Waals surface area contributed by atoms with E-state index in [1.54, 1.807) is 23.0 Å². The smallest absolute Gasteiger partial charge is 0.153 e. The Morgan fingerprint density at radius 2 is 1.76 bits per heavy atom. The highest BCUT2D eigenvalue weighted by molar-refractivity contribution is 6.30. The summed E-state index contributed by atoms with van der Waals surface area (Å²) in [4.78, 5) is 16.4. The van der Waals surface area contributed by atoms with Crippen molar-refractivity contribution in [1.82, 2.24) is 14.6 Å². The summed E-state index contributed by atoms with van der Waals surface area (Å²) < 4.78 is 14.9. The summed E-state index contributed by atoms with van der Waals surface area (Å²) in [5.74, 6) is 5.64. The van der Waals surface area contributed by atoms with Gasteiger partial charge in [0.1, 0.15) is 17.3 Å². The third kappa shape index (κ3) is 4.68. The summed E-state index contributed by atoms with van der Waals surface area (Å²) in [6.45, 7) is 0. The molecule has 4 nitrogen and oxygen atoms in total. The quantitative estimate of drug-likeness (QED) is 0.478. The van der Waals surface area contributed by atoms with Crippen LogP contribution >= 0.6 is 11.6 Å². The molecule has 0 amide bonds. The van der Waals surface area contributed by atoms with Crippen LogP contribution in [0.15, 0.2) is 67.0 Å². The van der Waals surface area contributed by atoms with Gasteiger partial charge in [0.15, 0.2) is 5.65 Å². The van der Waals surface area contributed by atoms with Crippen LogP contribution in [0.3, 0.4) is 0 Å². The van der Waals surface area contributed by atoms with Crippen molar-refractivity contribution in [2.45, 2.75) is 12.8 Å². The van der Waals surface area contributed by atoms with Crippen molar-refractivity contribution >= 4 is 23.0 Å². The number of aromatic nitrogens is 3. The summed E-state index contributed by atoms with van der Waals surface area (Å²) in [6.07, 6.45) is 3.96. The molecule has 2 heterocycles. The van der Waals surface area contributed by atoms with Gasteiger partial charge in [-0.25, -0.2) is 13.9 Å². The average molecular weight is 404 g/mol. The van der Waals surface area contributed by atoms with E-state index in [1.165, 1.54) is 12.1 Å². The zero-order valence-corrected chi connectivity index (χ0v) is 16.0. The van der Waals surface area contributed by atoms with E-state index < -0.39 is 5.82 Å². The predicted octanol–water partition coefficient (Wildman–Crippen LogP) is 4.28. The van der Waals surface area contributed by atoms with Crippen LogP contribution in [0.4, 0.5) is 4.39 Å². The van der Waals surface area contributed by atoms with Crippen LogP contribution in [0.25, 0.3) is 5.65 Å². The second kappa shape index (κ2) is 8.26. The van der Waals surface area contributed by atoms with Crippen molar-refractivity contribution in [1.29, 1.82) is 0 Å². The molecule has 0 bridgehead atoms. The number of halogens is 2. The number of ketones is 1. The summed E-state index contributed by atoms with van der Waals surface area (Å²) >= 11 is 5.76. The molecule has 0 atom stereocenters. The van der Waals surface area contributed by atoms with Gasteiger partial charge in [0.25, 0.3) is 0 Å². The molecule has 4 aromatic rings. The molecular weight excluding hydrogens is 389 g/mol. The van der Waals surface area contributed by atoms with E-state index in [-0.39, 0.29) is 17.2 Å². The lowest BCUT2D eigenvalue weighted by atomic mass is 10.0. The van der Waals surface area contributed by atoms with Crippen LogP contribution in [-0.4, -0.2) is 20.4 Å². The van der Waals surface area contributed by atoms with Gasteiger partial charge in [0.2, 0.25) is 0 Å². The van der Waals surface area contributed by atoms with Crippen molar-refractivity contribution in [3.05, 3.63) is 100 Å². The molecule has 0 aliphatic carbocycles. The minimum atomic E-state index is -0.486. The molecular formula is C23H15ClFN3O. The highest BCUT2D eigenvalue weighted by Gasteiger charge is 2.08. The lowest BCUT2D eigenvalue weighted by Crippen LogP contribution is -2.06. The number of hydrogen-bond donors (Lipinski definition) is 0. The fraction of sp³-hybridized carbons (Fsp3) is 0.0870. The number of rotatable bonds is 4. The van der Waals surface area contributed by atoms with E-state index >= 15 is 0 Å². The van der Waals surface area contributed by atoms with E-state index in [0.717, 1.165) is 16.8 Å². The monoisotopic (exact) mass is 403 g/mol. The normalized spacial score (nSPS) is 10.6. The zero-order chi connectivity index (χ0) is 20.2. The average Bonchev–Trinajstić information content (AvgIpc) is 3.18. The van der Waals surface area contributed by atoms with Gasteiger partial charge in [0, 0.05) is 30.8 Å². The van der Waals surface area contributed by atoms with Gasteiger partial charge in [-0.3, -0.25) is 4.79 Å². The molecule has 0 saturated carbocycles. The Morgan fingerprint density at radius 1 is 1.00 bits per heavy atom. The first-order valence-electron chi connectivity index (χ1n) is 8.94. The van der Waals surface area contributed by atoms with Crippen molar-refractivity contribution in [2.75, 3.05) is 0 Å². The van der Waals surface area contributed by atoms with E-state index in [0.29, 0.717) is 17.7 Å². The molecule has 142 valence electrons. The van der Waals surface area contributed by atoms with Crippen LogP contribution in [-0.2, 0) is 17.6 Å². The molecule has 0 saturated heterocycles. The second-order valence-electron chi connectivity index (χ2n) is 6.54. The summed E-state index contributed by atoms with van der Waals surface area (Å²) in [5, 5.41) is 4.39. The number of Topliss-reactive ketones (excluding diaryl/α,β-unsaturated/α-hetero) is 1. The Morgan fingerprint density at radius 3 is 2.55 bits per heavy atom. The van der Waals surface area contributed by atoms with Crippen molar-refractivity contribution in [3.8, 4) is 11.8 Å². The number of carbonyl (C=O) groups excluding carboxylic acids is 1. The molecule has 0 fully saturated rings. The third-order valence-corrected chi connectivity index (χ3v) is 4.62. The first kappa shape index (κ1) is 18.9. The van der Waals surface area contributed by atoms with Crippen molar-refractivity contribution in [3.63, 3.8) is 0 Å². The van der Waals surface area contributed by atoms with Crippen molar-refractivity contribution in [2.24, 2.45) is 0 Å². The molecule has 0 unspecified atom stereocenters. The molecule has 0 aliphatic heterocycles. The second-order valence-corrected chi connectivity index (χ2v) is 6.94. The predicted molar refractivity (Wildman–Crippen MR) is 109 cm³/mol. The zero-order valence-electron chi connectivity index (χ0n) is 15.3. The van der Waals surface area contributed by atoms with Crippen LogP contribution in [0, 0.1) is 17.7 Å². The van der Waals surface area contributed by atoms with E-state index in [9.17, 15) is 9.18 Å². The highest BCUT2D eigenvalue weighted by atomic mass is 35.5. The first-order valence-corrected chi connectivity index (χ1v) is 9.31. The van der Waals surface area contributed by atoms with Gasteiger partial charge in [-0.1, -0.05) is 35.7 Å². The van der Waals surface area contributed by atoms with E-state index in [4.69, 9.17) is 11.6 Å². The maximum absolute atomic E-state index is 13.2. The molecule has 2 aromatic carbocycles. The summed E-state index contributed by atoms with van der Waals surface area (Å²) in [6, 6.07) is 15.5. The number of benzene rings is 2. The fourth-order valence-corrected chi connectivity index (χ4v) is 3.09. The number of fused-ring (bicyclic) bond motifs is 1. The molecule has 2 aromatic heterocycles. The topological polar surface area (TPSA) is 47.3 Å². The van der Waals surface area contributed by atoms with Gasteiger partial charge >= 0.3 is 0 Å². The maximum atomic E-state index is 13.2. The van der Waals surface area contributed by atoms with Crippen LogP contribution in [0.2, 0.25) is 5.02 Å². The van der Waals surface area contributed by atoms with Crippen molar-refractivity contribution < 1.29 is 9.18 Å². The number of nitrogens with zero attached hydrogens (tertiary/aromatic N) is 3. The minimum Gasteiger partial charge on any atom is -0.299 e. The maximum Gasteiger partial charge on any atom is 0.153 e. The molecule has 0 spiro atoms. The fourth-order valence-electron chi connectivity index (χ4n) is 2.89. The Labute approximate surface area is 172 Å². The van der Waals surface area contributed by atoms with Crippen LogP contribution in [0.1, 0.15) is 22.4 Å². The van der Waals surface area contributed by atoms with E-state index in [2.05, 4.69) is 21.9 Å². The molecule has 4 rings (SSSR count). The largest absolute Gasteiger partial charge is 0.299 e. The Bertz CT molecular complexity index is 1250. The number of hydrogen-bond acceptors (Lipinski definition) is 3. The van der Waals surface area contributed by atoms with Gasteiger partial charge in [-0.05, 0) is 53.4 Å².